The van der Waals surface area contributed by atoms with Crippen LogP contribution in [0.25, 0.3) is 11.1 Å². The van der Waals surface area contributed by atoms with Crippen molar-refractivity contribution in [1.82, 2.24) is 0 Å². The van der Waals surface area contributed by atoms with Crippen LogP contribution in [0, 0.1) is 0 Å². The summed E-state index contributed by atoms with van der Waals surface area (Å²) < 4.78 is 11.9. The Morgan fingerprint density at radius 1 is 1.06 bits per heavy atom. The summed E-state index contributed by atoms with van der Waals surface area (Å²) in [6.45, 7) is 0. The minimum absolute atomic E-state index is 0.0625. The van der Waals surface area contributed by atoms with Gasteiger partial charge in [0, 0.05) is 4.53 Å². The largest absolute Gasteiger partial charge is 0.507 e. The number of halogens is 1. The quantitative estimate of drug-likeness (QED) is 0.827. The van der Waals surface area contributed by atoms with Crippen LogP contribution in [0.4, 0.5) is 4.53 Å². The van der Waals surface area contributed by atoms with Gasteiger partial charge in [0.05, 0.1) is 5.56 Å². The minimum Gasteiger partial charge on any atom is -0.507 e. The lowest BCUT2D eigenvalue weighted by atomic mass is 10.0. The molecule has 0 atom stereocenters. The average molecular weight is 232 g/mol. The number of hydrogen-bond donors (Lipinski definition) is 1. The summed E-state index contributed by atoms with van der Waals surface area (Å²) >= 11 is 0. The molecule has 0 spiro atoms. The molecule has 0 radical (unpaired) electrons. The molecule has 0 unspecified atom stereocenters. The fourth-order valence-corrected chi connectivity index (χ4v) is 1.53. The molecule has 0 amide bonds. The van der Waals surface area contributed by atoms with E-state index in [1.807, 2.05) is 0 Å². The molecule has 0 saturated carbocycles. The number of aromatic hydroxyl groups is 1. The molecule has 4 heteroatoms. The third kappa shape index (κ3) is 2.25. The Morgan fingerprint density at radius 2 is 1.71 bits per heavy atom. The molecule has 2 aromatic carbocycles. The molecule has 0 aliphatic carbocycles. The van der Waals surface area contributed by atoms with Gasteiger partial charge in [0.25, 0.3) is 0 Å². The van der Waals surface area contributed by atoms with E-state index in [2.05, 4.69) is 4.94 Å². The van der Waals surface area contributed by atoms with E-state index in [1.165, 1.54) is 18.2 Å². The van der Waals surface area contributed by atoms with Crippen LogP contribution in [0.15, 0.2) is 42.5 Å². The van der Waals surface area contributed by atoms with Crippen molar-refractivity contribution < 1.29 is 19.4 Å². The summed E-state index contributed by atoms with van der Waals surface area (Å²) in [5.74, 6) is 0.0515. The van der Waals surface area contributed by atoms with Gasteiger partial charge in [-0.05, 0) is 35.4 Å². The lowest BCUT2D eigenvalue weighted by Gasteiger charge is -2.04. The molecule has 0 aliphatic rings. The molecule has 0 heterocycles. The highest BCUT2D eigenvalue weighted by molar-refractivity contribution is 5.82. The third-order valence-corrected chi connectivity index (χ3v) is 2.43. The molecule has 86 valence electrons. The van der Waals surface area contributed by atoms with Gasteiger partial charge in [-0.2, -0.15) is 0 Å². The molecule has 1 N–H and O–H groups in total. The molecule has 0 aromatic heterocycles. The number of phenols is 1. The molecule has 2 rings (SSSR count). The zero-order chi connectivity index (χ0) is 12.3. The summed E-state index contributed by atoms with van der Waals surface area (Å²) in [4.78, 5) is 14.3. The van der Waals surface area contributed by atoms with Gasteiger partial charge in [0.1, 0.15) is 5.75 Å². The van der Waals surface area contributed by atoms with Gasteiger partial charge in [-0.25, -0.2) is 0 Å². The van der Waals surface area contributed by atoms with E-state index in [-0.39, 0.29) is 17.1 Å². The fraction of sp³-hybridized carbons (Fsp3) is 0. The highest BCUT2D eigenvalue weighted by atomic mass is 19.3. The first kappa shape index (κ1) is 11.1. The van der Waals surface area contributed by atoms with Crippen molar-refractivity contribution in [2.45, 2.75) is 0 Å². The number of phenolic OH excluding ortho intramolecular Hbond substituents is 1. The average Bonchev–Trinajstić information content (AvgIpc) is 2.39. The van der Waals surface area contributed by atoms with Crippen LogP contribution >= 0.6 is 0 Å². The predicted octanol–water partition coefficient (Wildman–Crippen LogP) is 3.14. The Hall–Kier alpha value is -2.36. The van der Waals surface area contributed by atoms with Gasteiger partial charge in [-0.1, -0.05) is 18.2 Å². The van der Waals surface area contributed by atoms with Gasteiger partial charge < -0.3 is 5.11 Å². The SMILES string of the molecule is O=Cc1cc(-c2ccc(OF)cc2)ccc1O. The smallest absolute Gasteiger partial charge is 0.171 e. The van der Waals surface area contributed by atoms with Gasteiger partial charge >= 0.3 is 0 Å². The first-order valence-corrected chi connectivity index (χ1v) is 4.92. The molecule has 2 aromatic rings. The summed E-state index contributed by atoms with van der Waals surface area (Å²) in [6, 6.07) is 11.0. The van der Waals surface area contributed by atoms with Crippen molar-refractivity contribution in [3.8, 4) is 22.6 Å². The van der Waals surface area contributed by atoms with E-state index in [4.69, 9.17) is 0 Å². The Kier molecular flexibility index (Phi) is 3.05. The Labute approximate surface area is 97.0 Å². The maximum atomic E-state index is 11.9. The highest BCUT2D eigenvalue weighted by Crippen LogP contribution is 2.26. The van der Waals surface area contributed by atoms with Crippen LogP contribution in [-0.2, 0) is 0 Å². The molecule has 0 saturated heterocycles. The third-order valence-electron chi connectivity index (χ3n) is 2.43. The van der Waals surface area contributed by atoms with Crippen molar-refractivity contribution in [1.29, 1.82) is 0 Å². The van der Waals surface area contributed by atoms with E-state index in [0.29, 0.717) is 6.29 Å². The van der Waals surface area contributed by atoms with Gasteiger partial charge in [0.2, 0.25) is 0 Å². The Balaban J connectivity index is 2.41. The molecule has 0 fully saturated rings. The molecule has 17 heavy (non-hydrogen) atoms. The fourth-order valence-electron chi connectivity index (χ4n) is 1.53. The summed E-state index contributed by atoms with van der Waals surface area (Å²) in [5, 5.41) is 9.36. The second-order valence-electron chi connectivity index (χ2n) is 3.49. The van der Waals surface area contributed by atoms with Crippen molar-refractivity contribution in [2.24, 2.45) is 0 Å². The first-order chi connectivity index (χ1) is 8.24. The summed E-state index contributed by atoms with van der Waals surface area (Å²) in [5.41, 5.74) is 1.78. The van der Waals surface area contributed by atoms with Crippen LogP contribution < -0.4 is 4.94 Å². The minimum atomic E-state index is -0.0625. The molecule has 3 nitrogen and oxygen atoms in total. The van der Waals surface area contributed by atoms with Crippen LogP contribution in [0.3, 0.4) is 0 Å². The maximum Gasteiger partial charge on any atom is 0.171 e. The standard InChI is InChI=1S/C13H9FO3/c14-17-12-4-1-9(2-5-12)10-3-6-13(16)11(7-10)8-15/h1-8,16H. The highest BCUT2D eigenvalue weighted by Gasteiger charge is 2.04. The maximum absolute atomic E-state index is 11.9. The van der Waals surface area contributed by atoms with Crippen LogP contribution in [0.1, 0.15) is 10.4 Å². The van der Waals surface area contributed by atoms with Crippen molar-refractivity contribution >= 4 is 6.29 Å². The van der Waals surface area contributed by atoms with E-state index in [0.717, 1.165) is 11.1 Å². The van der Waals surface area contributed by atoms with Crippen molar-refractivity contribution in [2.75, 3.05) is 0 Å². The number of carbonyl (C=O) groups is 1. The summed E-state index contributed by atoms with van der Waals surface area (Å²) in [6.07, 6.45) is 0.581. The van der Waals surface area contributed by atoms with Crippen molar-refractivity contribution in [3.05, 3.63) is 48.0 Å². The molecular weight excluding hydrogens is 223 g/mol. The van der Waals surface area contributed by atoms with E-state index < -0.39 is 0 Å². The van der Waals surface area contributed by atoms with Crippen LogP contribution in [0.2, 0.25) is 0 Å². The van der Waals surface area contributed by atoms with E-state index in [1.54, 1.807) is 24.3 Å². The first-order valence-electron chi connectivity index (χ1n) is 4.92. The van der Waals surface area contributed by atoms with Crippen molar-refractivity contribution in [3.63, 3.8) is 0 Å². The monoisotopic (exact) mass is 232 g/mol. The number of aldehydes is 1. The number of carbonyl (C=O) groups excluding carboxylic acids is 1. The van der Waals surface area contributed by atoms with Crippen LogP contribution in [-0.4, -0.2) is 11.4 Å². The Bertz CT molecular complexity index is 535. The summed E-state index contributed by atoms with van der Waals surface area (Å²) in [7, 11) is 0. The molecular formula is C13H9FO3. The van der Waals surface area contributed by atoms with Crippen LogP contribution in [0.5, 0.6) is 11.5 Å². The molecule has 0 aliphatic heterocycles. The van der Waals surface area contributed by atoms with Gasteiger partial charge in [0.15, 0.2) is 12.0 Å². The topological polar surface area (TPSA) is 46.5 Å². The normalized spacial score (nSPS) is 9.94. The lowest BCUT2D eigenvalue weighted by Crippen LogP contribution is -1.84. The van der Waals surface area contributed by atoms with Gasteiger partial charge in [-0.15, -0.1) is 0 Å². The van der Waals surface area contributed by atoms with E-state index >= 15 is 0 Å². The predicted molar refractivity (Wildman–Crippen MR) is 60.7 cm³/mol. The second kappa shape index (κ2) is 4.65. The lowest BCUT2D eigenvalue weighted by molar-refractivity contribution is -0.00618. The zero-order valence-corrected chi connectivity index (χ0v) is 8.76. The Morgan fingerprint density at radius 3 is 2.29 bits per heavy atom. The number of rotatable bonds is 3. The second-order valence-corrected chi connectivity index (χ2v) is 3.49. The molecule has 0 bridgehead atoms. The number of hydrogen-bond acceptors (Lipinski definition) is 3. The van der Waals surface area contributed by atoms with E-state index in [9.17, 15) is 14.4 Å². The number of benzene rings is 2. The zero-order valence-electron chi connectivity index (χ0n) is 8.76. The van der Waals surface area contributed by atoms with Gasteiger partial charge in [-0.3, -0.25) is 9.74 Å².